The molecule has 2 N–H and O–H groups in total. The quantitative estimate of drug-likeness (QED) is 0.853. The molecule has 1 aromatic rings. The van der Waals surface area contributed by atoms with Crippen LogP contribution in [0, 0.1) is 12.8 Å². The number of benzene rings is 1. The number of rotatable bonds is 2. The van der Waals surface area contributed by atoms with Crippen molar-refractivity contribution in [3.63, 3.8) is 0 Å². The van der Waals surface area contributed by atoms with Crippen molar-refractivity contribution in [1.29, 1.82) is 0 Å². The maximum absolute atomic E-state index is 12.4. The number of urea groups is 1. The second-order valence-corrected chi connectivity index (χ2v) is 6.30. The number of nitrogens with zero attached hydrogens (tertiary/aromatic N) is 1. The standard InChI is InChI=1S/C15H19BrN2O3/c1-9-8-11(14(19)20)6-7-18(9)15(21)17-13-5-3-4-12(16)10(13)2/h3-5,9,11H,6-8H2,1-2H3,(H,17,21)(H,19,20). The van der Waals surface area contributed by atoms with E-state index >= 15 is 0 Å². The third-order valence-corrected chi connectivity index (χ3v) is 4.85. The number of halogens is 1. The van der Waals surface area contributed by atoms with Gasteiger partial charge in [-0.3, -0.25) is 4.79 Å². The van der Waals surface area contributed by atoms with Gasteiger partial charge in [-0.25, -0.2) is 4.79 Å². The molecule has 1 saturated heterocycles. The topological polar surface area (TPSA) is 69.6 Å². The molecule has 0 spiro atoms. The Morgan fingerprint density at radius 2 is 2.14 bits per heavy atom. The molecule has 5 nitrogen and oxygen atoms in total. The molecule has 2 atom stereocenters. The lowest BCUT2D eigenvalue weighted by molar-refractivity contribution is -0.143. The number of amides is 2. The molecule has 1 fully saturated rings. The van der Waals surface area contributed by atoms with Crippen LogP contribution in [0.3, 0.4) is 0 Å². The van der Waals surface area contributed by atoms with Gasteiger partial charge in [-0.2, -0.15) is 0 Å². The molecule has 2 unspecified atom stereocenters. The highest BCUT2D eigenvalue weighted by atomic mass is 79.9. The molecule has 0 aromatic heterocycles. The number of piperidine rings is 1. The van der Waals surface area contributed by atoms with Crippen molar-refractivity contribution in [3.05, 3.63) is 28.2 Å². The molecule has 1 aliphatic heterocycles. The molecule has 2 rings (SSSR count). The van der Waals surface area contributed by atoms with Crippen molar-refractivity contribution in [2.24, 2.45) is 5.92 Å². The number of likely N-dealkylation sites (tertiary alicyclic amines) is 1. The smallest absolute Gasteiger partial charge is 0.322 e. The van der Waals surface area contributed by atoms with Gasteiger partial charge >= 0.3 is 12.0 Å². The van der Waals surface area contributed by atoms with Crippen molar-refractivity contribution >= 4 is 33.6 Å². The summed E-state index contributed by atoms with van der Waals surface area (Å²) in [5.41, 5.74) is 1.74. The zero-order valence-electron chi connectivity index (χ0n) is 12.1. The highest BCUT2D eigenvalue weighted by molar-refractivity contribution is 9.10. The van der Waals surface area contributed by atoms with Crippen LogP contribution >= 0.6 is 15.9 Å². The number of carboxylic acid groups (broad SMARTS) is 1. The Kier molecular flexibility index (Phi) is 4.88. The maximum Gasteiger partial charge on any atom is 0.322 e. The van der Waals surface area contributed by atoms with Gasteiger partial charge in [0.1, 0.15) is 0 Å². The molecule has 0 radical (unpaired) electrons. The van der Waals surface area contributed by atoms with Gasteiger partial charge in [-0.05, 0) is 44.4 Å². The highest BCUT2D eigenvalue weighted by Gasteiger charge is 2.32. The van der Waals surface area contributed by atoms with E-state index in [1.165, 1.54) is 0 Å². The highest BCUT2D eigenvalue weighted by Crippen LogP contribution is 2.26. The molecule has 0 bridgehead atoms. The monoisotopic (exact) mass is 354 g/mol. The molecule has 1 aliphatic rings. The minimum atomic E-state index is -0.773. The number of anilines is 1. The molecule has 6 heteroatoms. The van der Waals surface area contributed by atoms with Crippen LogP contribution in [-0.4, -0.2) is 34.6 Å². The number of carbonyl (C=O) groups excluding carboxylic acids is 1. The number of hydrogen-bond acceptors (Lipinski definition) is 2. The number of nitrogens with one attached hydrogen (secondary N) is 1. The summed E-state index contributed by atoms with van der Waals surface area (Å²) in [6, 6.07) is 5.39. The lowest BCUT2D eigenvalue weighted by atomic mass is 9.92. The van der Waals surface area contributed by atoms with Crippen molar-refractivity contribution in [2.75, 3.05) is 11.9 Å². The fraction of sp³-hybridized carbons (Fsp3) is 0.467. The van der Waals surface area contributed by atoms with E-state index in [0.29, 0.717) is 19.4 Å². The fourth-order valence-corrected chi connectivity index (χ4v) is 2.99. The fourth-order valence-electron chi connectivity index (χ4n) is 2.63. The zero-order valence-corrected chi connectivity index (χ0v) is 13.7. The Balaban J connectivity index is 2.04. The van der Waals surface area contributed by atoms with Crippen LogP contribution in [0.4, 0.5) is 10.5 Å². The summed E-state index contributed by atoms with van der Waals surface area (Å²) >= 11 is 3.44. The van der Waals surface area contributed by atoms with Gasteiger partial charge in [0.25, 0.3) is 0 Å². The SMILES string of the molecule is Cc1c(Br)cccc1NC(=O)N1CCC(C(=O)O)CC1C. The van der Waals surface area contributed by atoms with Crippen LogP contribution in [0.25, 0.3) is 0 Å². The van der Waals surface area contributed by atoms with Gasteiger partial charge in [0.05, 0.1) is 5.92 Å². The maximum atomic E-state index is 12.4. The predicted octanol–water partition coefficient (Wildman–Crippen LogP) is 3.47. The lowest BCUT2D eigenvalue weighted by Gasteiger charge is -2.36. The molecule has 0 saturated carbocycles. The van der Waals surface area contributed by atoms with Crippen LogP contribution in [0.2, 0.25) is 0 Å². The van der Waals surface area contributed by atoms with Crippen LogP contribution in [0.5, 0.6) is 0 Å². The van der Waals surface area contributed by atoms with Gasteiger partial charge in [0.2, 0.25) is 0 Å². The second-order valence-electron chi connectivity index (χ2n) is 5.44. The summed E-state index contributed by atoms with van der Waals surface area (Å²) in [7, 11) is 0. The average Bonchev–Trinajstić information content (AvgIpc) is 2.43. The Labute approximate surface area is 132 Å². The normalized spacial score (nSPS) is 22.0. The third kappa shape index (κ3) is 3.56. The van der Waals surface area contributed by atoms with Crippen LogP contribution in [-0.2, 0) is 4.79 Å². The summed E-state index contributed by atoms with van der Waals surface area (Å²) in [6.07, 6.45) is 1.00. The van der Waals surface area contributed by atoms with Crippen molar-refractivity contribution in [2.45, 2.75) is 32.7 Å². The van der Waals surface area contributed by atoms with Crippen molar-refractivity contribution < 1.29 is 14.7 Å². The molecular weight excluding hydrogens is 336 g/mol. The van der Waals surface area contributed by atoms with Crippen LogP contribution in [0.15, 0.2) is 22.7 Å². The van der Waals surface area contributed by atoms with E-state index in [4.69, 9.17) is 5.11 Å². The zero-order chi connectivity index (χ0) is 15.6. The second kappa shape index (κ2) is 6.47. The van der Waals surface area contributed by atoms with Crippen LogP contribution in [0.1, 0.15) is 25.3 Å². The summed E-state index contributed by atoms with van der Waals surface area (Å²) in [5.74, 6) is -1.12. The first-order valence-electron chi connectivity index (χ1n) is 6.95. The first kappa shape index (κ1) is 15.8. The van der Waals surface area contributed by atoms with Crippen molar-refractivity contribution in [3.8, 4) is 0 Å². The van der Waals surface area contributed by atoms with Gasteiger partial charge in [0, 0.05) is 22.7 Å². The minimum absolute atomic E-state index is 0.0766. The Morgan fingerprint density at radius 3 is 2.76 bits per heavy atom. The number of carboxylic acids is 1. The van der Waals surface area contributed by atoms with E-state index in [1.807, 2.05) is 32.0 Å². The molecule has 2 amide bonds. The summed E-state index contributed by atoms with van der Waals surface area (Å²) in [6.45, 7) is 4.29. The Bertz CT molecular complexity index is 562. The Morgan fingerprint density at radius 1 is 1.43 bits per heavy atom. The van der Waals surface area contributed by atoms with E-state index in [0.717, 1.165) is 15.7 Å². The van der Waals surface area contributed by atoms with Crippen LogP contribution < -0.4 is 5.32 Å². The predicted molar refractivity (Wildman–Crippen MR) is 84.4 cm³/mol. The third-order valence-electron chi connectivity index (χ3n) is 4.00. The van der Waals surface area contributed by atoms with E-state index < -0.39 is 5.97 Å². The molecule has 0 aliphatic carbocycles. The molecule has 21 heavy (non-hydrogen) atoms. The van der Waals surface area contributed by atoms with E-state index in [2.05, 4.69) is 21.2 Å². The number of aliphatic carboxylic acids is 1. The van der Waals surface area contributed by atoms with Gasteiger partial charge < -0.3 is 15.3 Å². The molecule has 1 aromatic carbocycles. The largest absolute Gasteiger partial charge is 0.481 e. The van der Waals surface area contributed by atoms with Gasteiger partial charge in [0.15, 0.2) is 0 Å². The summed E-state index contributed by atoms with van der Waals surface area (Å²) in [4.78, 5) is 25.1. The lowest BCUT2D eigenvalue weighted by Crippen LogP contribution is -2.47. The van der Waals surface area contributed by atoms with Crippen molar-refractivity contribution in [1.82, 2.24) is 4.90 Å². The molecule has 1 heterocycles. The van der Waals surface area contributed by atoms with E-state index in [-0.39, 0.29) is 18.0 Å². The first-order chi connectivity index (χ1) is 9.90. The number of carbonyl (C=O) groups is 2. The van der Waals surface area contributed by atoms with E-state index in [9.17, 15) is 9.59 Å². The Hall–Kier alpha value is -1.56. The average molecular weight is 355 g/mol. The van der Waals surface area contributed by atoms with Gasteiger partial charge in [-0.1, -0.05) is 22.0 Å². The summed E-state index contributed by atoms with van der Waals surface area (Å²) < 4.78 is 0.943. The van der Waals surface area contributed by atoms with Gasteiger partial charge in [-0.15, -0.1) is 0 Å². The van der Waals surface area contributed by atoms with E-state index in [1.54, 1.807) is 4.90 Å². The first-order valence-corrected chi connectivity index (χ1v) is 7.75. The summed E-state index contributed by atoms with van der Waals surface area (Å²) in [5, 5.41) is 12.0. The molecule has 114 valence electrons. The minimum Gasteiger partial charge on any atom is -0.481 e. The molecular formula is C15H19BrN2O3. The number of hydrogen-bond donors (Lipinski definition) is 2.